The van der Waals surface area contributed by atoms with Gasteiger partial charge in [0.1, 0.15) is 0 Å². The van der Waals surface area contributed by atoms with Crippen LogP contribution in [0.15, 0.2) is 54.9 Å². The molecule has 6 heteroatoms. The number of nitrogens with zero attached hydrogens (tertiary/aromatic N) is 2. The fourth-order valence-electron chi connectivity index (χ4n) is 2.44. The normalized spacial score (nSPS) is 11.8. The molecule has 0 aliphatic carbocycles. The highest BCUT2D eigenvalue weighted by Gasteiger charge is 2.19. The summed E-state index contributed by atoms with van der Waals surface area (Å²) in [5.41, 5.74) is 3.45. The van der Waals surface area contributed by atoms with E-state index in [9.17, 15) is 9.59 Å². The SMILES string of the molecule is CCc1ccc(NC(=O)[C@H](C)OC(=O)c2ccc3nccnc3c2)cc1. The number of hydrogen-bond donors (Lipinski definition) is 1. The molecule has 0 aliphatic heterocycles. The Morgan fingerprint density at radius 2 is 1.73 bits per heavy atom. The summed E-state index contributed by atoms with van der Waals surface area (Å²) in [5, 5.41) is 2.74. The molecule has 0 bridgehead atoms. The first-order valence-corrected chi connectivity index (χ1v) is 8.38. The minimum atomic E-state index is -0.925. The topological polar surface area (TPSA) is 81.2 Å². The van der Waals surface area contributed by atoms with Crippen LogP contribution in [0.25, 0.3) is 11.0 Å². The second kappa shape index (κ2) is 7.74. The van der Waals surface area contributed by atoms with Gasteiger partial charge in [0.2, 0.25) is 0 Å². The fourth-order valence-corrected chi connectivity index (χ4v) is 2.44. The molecular formula is C20H19N3O3. The first kappa shape index (κ1) is 17.5. The zero-order chi connectivity index (χ0) is 18.5. The van der Waals surface area contributed by atoms with Gasteiger partial charge in [0.25, 0.3) is 5.91 Å². The molecule has 0 aliphatic rings. The molecule has 26 heavy (non-hydrogen) atoms. The Hall–Kier alpha value is -3.28. The van der Waals surface area contributed by atoms with E-state index < -0.39 is 12.1 Å². The molecule has 1 N–H and O–H groups in total. The molecule has 1 atom stereocenters. The summed E-state index contributed by atoms with van der Waals surface area (Å²) in [6.45, 7) is 3.60. The van der Waals surface area contributed by atoms with Crippen LogP contribution >= 0.6 is 0 Å². The third-order valence-electron chi connectivity index (χ3n) is 3.99. The average molecular weight is 349 g/mol. The second-order valence-electron chi connectivity index (χ2n) is 5.85. The van der Waals surface area contributed by atoms with Gasteiger partial charge in [0.05, 0.1) is 16.6 Å². The fraction of sp³-hybridized carbons (Fsp3) is 0.200. The monoisotopic (exact) mass is 349 g/mol. The second-order valence-corrected chi connectivity index (χ2v) is 5.85. The van der Waals surface area contributed by atoms with Crippen LogP contribution in [0.5, 0.6) is 0 Å². The van der Waals surface area contributed by atoms with Crippen molar-refractivity contribution in [2.24, 2.45) is 0 Å². The quantitative estimate of drug-likeness (QED) is 0.714. The molecule has 3 aromatic rings. The van der Waals surface area contributed by atoms with E-state index in [0.29, 0.717) is 22.3 Å². The molecule has 0 radical (unpaired) electrons. The van der Waals surface area contributed by atoms with Crippen LogP contribution in [0.1, 0.15) is 29.8 Å². The molecule has 0 spiro atoms. The number of aryl methyl sites for hydroxylation is 1. The summed E-state index contributed by atoms with van der Waals surface area (Å²) in [4.78, 5) is 32.8. The highest BCUT2D eigenvalue weighted by atomic mass is 16.5. The number of anilines is 1. The number of aromatic nitrogens is 2. The van der Waals surface area contributed by atoms with Crippen molar-refractivity contribution in [3.8, 4) is 0 Å². The van der Waals surface area contributed by atoms with E-state index in [0.717, 1.165) is 6.42 Å². The lowest BCUT2D eigenvalue weighted by molar-refractivity contribution is -0.123. The van der Waals surface area contributed by atoms with Crippen LogP contribution in [0, 0.1) is 0 Å². The molecule has 1 heterocycles. The van der Waals surface area contributed by atoms with Crippen LogP contribution in [-0.2, 0) is 16.0 Å². The van der Waals surface area contributed by atoms with Crippen LogP contribution in [0.2, 0.25) is 0 Å². The number of rotatable bonds is 5. The zero-order valence-corrected chi connectivity index (χ0v) is 14.6. The first-order chi connectivity index (χ1) is 12.6. The van der Waals surface area contributed by atoms with Gasteiger partial charge >= 0.3 is 5.97 Å². The van der Waals surface area contributed by atoms with Crippen molar-refractivity contribution in [3.63, 3.8) is 0 Å². The molecule has 1 amide bonds. The van der Waals surface area contributed by atoms with Crippen molar-refractivity contribution in [2.45, 2.75) is 26.4 Å². The van der Waals surface area contributed by atoms with Gasteiger partial charge in [-0.15, -0.1) is 0 Å². The number of nitrogens with one attached hydrogen (secondary N) is 1. The predicted molar refractivity (Wildman–Crippen MR) is 98.9 cm³/mol. The van der Waals surface area contributed by atoms with E-state index in [-0.39, 0.29) is 5.91 Å². The number of carbonyl (C=O) groups is 2. The largest absolute Gasteiger partial charge is 0.449 e. The van der Waals surface area contributed by atoms with Crippen LogP contribution < -0.4 is 5.32 Å². The predicted octanol–water partition coefficient (Wildman–Crippen LogP) is 3.38. The van der Waals surface area contributed by atoms with Gasteiger partial charge in [0, 0.05) is 18.1 Å². The van der Waals surface area contributed by atoms with Crippen molar-refractivity contribution in [3.05, 3.63) is 66.0 Å². The summed E-state index contributed by atoms with van der Waals surface area (Å²) in [7, 11) is 0. The Bertz CT molecular complexity index is 938. The van der Waals surface area contributed by atoms with E-state index in [1.165, 1.54) is 12.5 Å². The number of hydrogen-bond acceptors (Lipinski definition) is 5. The molecule has 0 saturated heterocycles. The summed E-state index contributed by atoms with van der Waals surface area (Å²) in [6.07, 6.45) is 3.14. The molecule has 1 aromatic heterocycles. The van der Waals surface area contributed by atoms with Gasteiger partial charge in [-0.3, -0.25) is 14.8 Å². The van der Waals surface area contributed by atoms with E-state index in [1.54, 1.807) is 30.6 Å². The van der Waals surface area contributed by atoms with Gasteiger partial charge in [-0.2, -0.15) is 0 Å². The maximum atomic E-state index is 12.3. The average Bonchev–Trinajstić information content (AvgIpc) is 2.68. The van der Waals surface area contributed by atoms with Crippen molar-refractivity contribution >= 4 is 28.6 Å². The van der Waals surface area contributed by atoms with Gasteiger partial charge in [-0.25, -0.2) is 4.79 Å². The summed E-state index contributed by atoms with van der Waals surface area (Å²) in [5.74, 6) is -0.968. The van der Waals surface area contributed by atoms with E-state index in [1.807, 2.05) is 24.3 Å². The van der Waals surface area contributed by atoms with Crippen molar-refractivity contribution < 1.29 is 14.3 Å². The molecule has 132 valence electrons. The Kier molecular flexibility index (Phi) is 5.22. The smallest absolute Gasteiger partial charge is 0.338 e. The number of ether oxygens (including phenoxy) is 1. The molecule has 3 rings (SSSR count). The van der Waals surface area contributed by atoms with Crippen LogP contribution in [0.4, 0.5) is 5.69 Å². The van der Waals surface area contributed by atoms with Crippen LogP contribution in [-0.4, -0.2) is 27.9 Å². The summed E-state index contributed by atoms with van der Waals surface area (Å²) >= 11 is 0. The first-order valence-electron chi connectivity index (χ1n) is 8.38. The minimum Gasteiger partial charge on any atom is -0.449 e. The number of benzene rings is 2. The van der Waals surface area contributed by atoms with Crippen LogP contribution in [0.3, 0.4) is 0 Å². The van der Waals surface area contributed by atoms with E-state index >= 15 is 0 Å². The lowest BCUT2D eigenvalue weighted by Gasteiger charge is -2.14. The Morgan fingerprint density at radius 1 is 1.04 bits per heavy atom. The molecule has 6 nitrogen and oxygen atoms in total. The summed E-state index contributed by atoms with van der Waals surface area (Å²) < 4.78 is 5.27. The van der Waals surface area contributed by atoms with Gasteiger partial charge in [-0.1, -0.05) is 19.1 Å². The zero-order valence-electron chi connectivity index (χ0n) is 14.6. The third-order valence-corrected chi connectivity index (χ3v) is 3.99. The highest BCUT2D eigenvalue weighted by molar-refractivity contribution is 5.98. The van der Waals surface area contributed by atoms with Gasteiger partial charge < -0.3 is 10.1 Å². The molecule has 0 unspecified atom stereocenters. The van der Waals surface area contributed by atoms with Gasteiger partial charge in [-0.05, 0) is 49.2 Å². The highest BCUT2D eigenvalue weighted by Crippen LogP contribution is 2.14. The number of amides is 1. The lowest BCUT2D eigenvalue weighted by atomic mass is 10.1. The maximum Gasteiger partial charge on any atom is 0.338 e. The molecule has 0 saturated carbocycles. The Labute approximate surface area is 151 Å². The molecule has 2 aromatic carbocycles. The van der Waals surface area contributed by atoms with Crippen molar-refractivity contribution in [2.75, 3.05) is 5.32 Å². The maximum absolute atomic E-state index is 12.3. The van der Waals surface area contributed by atoms with Gasteiger partial charge in [0.15, 0.2) is 6.10 Å². The Balaban J connectivity index is 1.64. The minimum absolute atomic E-state index is 0.324. The third kappa shape index (κ3) is 4.03. The Morgan fingerprint density at radius 3 is 2.42 bits per heavy atom. The van der Waals surface area contributed by atoms with E-state index in [2.05, 4.69) is 22.2 Å². The standard InChI is InChI=1S/C20H19N3O3/c1-3-14-4-7-16(8-5-14)23-19(24)13(2)26-20(25)15-6-9-17-18(12-15)22-11-10-21-17/h4-13H,3H2,1-2H3,(H,23,24)/t13-/m0/s1. The van der Waals surface area contributed by atoms with E-state index in [4.69, 9.17) is 4.74 Å². The summed E-state index contributed by atoms with van der Waals surface area (Å²) in [6, 6.07) is 12.4. The lowest BCUT2D eigenvalue weighted by Crippen LogP contribution is -2.30. The molecular weight excluding hydrogens is 330 g/mol. The van der Waals surface area contributed by atoms with Crippen molar-refractivity contribution in [1.82, 2.24) is 9.97 Å². The number of fused-ring (bicyclic) bond motifs is 1. The number of carbonyl (C=O) groups excluding carboxylic acids is 2. The molecule has 0 fully saturated rings. The number of esters is 1. The van der Waals surface area contributed by atoms with Crippen molar-refractivity contribution in [1.29, 1.82) is 0 Å².